The van der Waals surface area contributed by atoms with E-state index >= 15 is 0 Å². The third kappa shape index (κ3) is 1.27. The van der Waals surface area contributed by atoms with Crippen molar-refractivity contribution in [1.82, 2.24) is 19.5 Å². The van der Waals surface area contributed by atoms with Crippen LogP contribution in [-0.2, 0) is 0 Å². The van der Waals surface area contributed by atoms with Gasteiger partial charge in [-0.05, 0) is 23.9 Å². The van der Waals surface area contributed by atoms with E-state index in [1.165, 1.54) is 11.9 Å². The molecule has 0 aliphatic carbocycles. The van der Waals surface area contributed by atoms with E-state index in [-0.39, 0.29) is 0 Å². The van der Waals surface area contributed by atoms with Crippen LogP contribution in [0, 0.1) is 6.92 Å². The van der Waals surface area contributed by atoms with Gasteiger partial charge in [-0.3, -0.25) is 4.57 Å². The number of hydrogen-bond donors (Lipinski definition) is 1. The molecule has 0 radical (unpaired) electrons. The summed E-state index contributed by atoms with van der Waals surface area (Å²) in [5, 5.41) is 3.09. The molecule has 0 unspecified atom stereocenters. The van der Waals surface area contributed by atoms with Crippen LogP contribution in [0.5, 0.6) is 0 Å². The van der Waals surface area contributed by atoms with Gasteiger partial charge in [0.1, 0.15) is 17.0 Å². The maximum atomic E-state index is 5.90. The molecule has 3 heterocycles. The van der Waals surface area contributed by atoms with E-state index < -0.39 is 0 Å². The van der Waals surface area contributed by atoms with Gasteiger partial charge in [0.05, 0.1) is 0 Å². The molecule has 2 aliphatic heterocycles. The molecule has 6 heteroatoms. The summed E-state index contributed by atoms with van der Waals surface area (Å²) in [6.07, 6.45) is 3.35. The minimum absolute atomic E-state index is 0.429. The predicted octanol–water partition coefficient (Wildman–Crippen LogP) is 1.72. The lowest BCUT2D eigenvalue weighted by Gasteiger charge is -2.09. The van der Waals surface area contributed by atoms with Gasteiger partial charge in [0, 0.05) is 6.20 Å². The zero-order valence-electron chi connectivity index (χ0n) is 8.58. The maximum absolute atomic E-state index is 5.90. The number of anilines is 1. The van der Waals surface area contributed by atoms with Crippen LogP contribution in [0.1, 0.15) is 5.56 Å². The van der Waals surface area contributed by atoms with Crippen molar-refractivity contribution in [2.75, 3.05) is 5.73 Å². The van der Waals surface area contributed by atoms with Gasteiger partial charge in [0.2, 0.25) is 5.95 Å². The van der Waals surface area contributed by atoms with E-state index in [0.29, 0.717) is 11.8 Å². The Morgan fingerprint density at radius 1 is 1.38 bits per heavy atom. The molecule has 1 aromatic rings. The molecule has 1 aromatic heterocycles. The quantitative estimate of drug-likeness (QED) is 0.692. The Morgan fingerprint density at radius 3 is 3.00 bits per heavy atom. The second-order valence-corrected chi connectivity index (χ2v) is 4.35. The zero-order chi connectivity index (χ0) is 11.1. The highest BCUT2D eigenvalue weighted by molar-refractivity contribution is 7.12. The number of aromatic nitrogens is 4. The first-order valence-electron chi connectivity index (χ1n) is 4.76. The molecule has 0 saturated carbocycles. The van der Waals surface area contributed by atoms with Gasteiger partial charge in [0.25, 0.3) is 0 Å². The molecule has 2 aliphatic rings. The first kappa shape index (κ1) is 9.29. The Morgan fingerprint density at radius 2 is 2.25 bits per heavy atom. The predicted molar refractivity (Wildman–Crippen MR) is 62.8 cm³/mol. The molecule has 3 rings (SSSR count). The number of thiophene rings is 1. The third-order valence-electron chi connectivity index (χ3n) is 2.38. The molecule has 16 heavy (non-hydrogen) atoms. The summed E-state index contributed by atoms with van der Waals surface area (Å²) in [5.74, 6) is 1.02. The van der Waals surface area contributed by atoms with Crippen molar-refractivity contribution < 1.29 is 0 Å². The van der Waals surface area contributed by atoms with Crippen molar-refractivity contribution in [3.05, 3.63) is 29.5 Å². The molecule has 0 saturated heterocycles. The van der Waals surface area contributed by atoms with E-state index in [9.17, 15) is 0 Å². The molecule has 0 spiro atoms. The number of imidazole rings is 1. The third-order valence-corrected chi connectivity index (χ3v) is 3.39. The number of rotatable bonds is 1. The average molecular weight is 231 g/mol. The zero-order valence-corrected chi connectivity index (χ0v) is 9.40. The summed E-state index contributed by atoms with van der Waals surface area (Å²) >= 11 is 1.62. The Hall–Kier alpha value is -1.95. The number of aryl methyl sites for hydroxylation is 1. The van der Waals surface area contributed by atoms with Crippen LogP contribution in [-0.4, -0.2) is 19.5 Å². The van der Waals surface area contributed by atoms with Gasteiger partial charge in [0.15, 0.2) is 5.82 Å². The number of nitrogen functional groups attached to an aromatic ring is 1. The first-order valence-corrected chi connectivity index (χ1v) is 5.64. The maximum Gasteiger partial charge on any atom is 0.207 e. The lowest BCUT2D eigenvalue weighted by atomic mass is 10.3. The van der Waals surface area contributed by atoms with Crippen molar-refractivity contribution in [3.63, 3.8) is 0 Å². The summed E-state index contributed by atoms with van der Waals surface area (Å²) < 4.78 is 1.84. The van der Waals surface area contributed by atoms with Crippen molar-refractivity contribution in [2.45, 2.75) is 6.92 Å². The molecule has 80 valence electrons. The molecule has 0 amide bonds. The van der Waals surface area contributed by atoms with E-state index in [2.05, 4.69) is 15.0 Å². The van der Waals surface area contributed by atoms with E-state index in [1.54, 1.807) is 11.3 Å². The number of fused-ring (bicyclic) bond motifs is 1. The highest BCUT2D eigenvalue weighted by Gasteiger charge is 2.13. The van der Waals surface area contributed by atoms with Gasteiger partial charge in [-0.1, -0.05) is 0 Å². The topological polar surface area (TPSA) is 69.6 Å². The molecule has 0 aromatic carbocycles. The number of hydrogen-bond acceptors (Lipinski definition) is 5. The normalized spacial score (nSPS) is 11.1. The fraction of sp³-hybridized carbons (Fsp3) is 0.100. The summed E-state index contributed by atoms with van der Waals surface area (Å²) in [6, 6.07) is 2.05. The summed E-state index contributed by atoms with van der Waals surface area (Å²) in [4.78, 5) is 12.3. The Balaban J connectivity index is 2.28. The van der Waals surface area contributed by atoms with Crippen molar-refractivity contribution in [3.8, 4) is 16.5 Å². The molecular formula is C10H9N5S. The largest absolute Gasteiger partial charge is 0.369 e. The summed E-state index contributed by atoms with van der Waals surface area (Å²) in [5.41, 5.74) is 7.82. The van der Waals surface area contributed by atoms with Gasteiger partial charge < -0.3 is 5.73 Å². The molecule has 5 nitrogen and oxygen atoms in total. The van der Waals surface area contributed by atoms with Gasteiger partial charge in [-0.15, -0.1) is 11.3 Å². The Bertz CT molecular complexity index is 612. The number of nitrogens with two attached hydrogens (primary N) is 1. The minimum Gasteiger partial charge on any atom is -0.369 e. The van der Waals surface area contributed by atoms with Crippen LogP contribution < -0.4 is 5.73 Å². The van der Waals surface area contributed by atoms with Crippen LogP contribution >= 0.6 is 11.3 Å². The Labute approximate surface area is 95.9 Å². The lowest BCUT2D eigenvalue weighted by molar-refractivity contribution is 1.00. The molecule has 2 N–H and O–H groups in total. The SMILES string of the molecule is Cc1ccsc1-n1cc2ncnc-2nc1N. The number of nitrogens with zero attached hydrogens (tertiary/aromatic N) is 4. The van der Waals surface area contributed by atoms with E-state index in [4.69, 9.17) is 5.73 Å². The van der Waals surface area contributed by atoms with Crippen molar-refractivity contribution in [1.29, 1.82) is 0 Å². The fourth-order valence-electron chi connectivity index (χ4n) is 1.57. The molecule has 0 bridgehead atoms. The minimum atomic E-state index is 0.429. The monoisotopic (exact) mass is 231 g/mol. The first-order chi connectivity index (χ1) is 7.75. The van der Waals surface area contributed by atoms with E-state index in [1.807, 2.05) is 29.1 Å². The van der Waals surface area contributed by atoms with Crippen LogP contribution in [0.15, 0.2) is 24.0 Å². The van der Waals surface area contributed by atoms with Crippen LogP contribution in [0.4, 0.5) is 5.95 Å². The van der Waals surface area contributed by atoms with Gasteiger partial charge in [-0.2, -0.15) is 4.98 Å². The standard InChI is InChI=1S/C10H9N5S/c1-6-2-3-16-9(6)15-4-7-8(13-5-12-7)14-10(15)11/h2-5H,1H3,(H2,11,12,13,14). The lowest BCUT2D eigenvalue weighted by Crippen LogP contribution is -2.07. The summed E-state index contributed by atoms with van der Waals surface area (Å²) in [7, 11) is 0. The van der Waals surface area contributed by atoms with Crippen LogP contribution in [0.25, 0.3) is 16.5 Å². The van der Waals surface area contributed by atoms with Crippen molar-refractivity contribution >= 4 is 17.3 Å². The van der Waals surface area contributed by atoms with E-state index in [0.717, 1.165) is 10.7 Å². The Kier molecular flexibility index (Phi) is 1.90. The molecule has 0 atom stereocenters. The smallest absolute Gasteiger partial charge is 0.207 e. The van der Waals surface area contributed by atoms with Gasteiger partial charge >= 0.3 is 0 Å². The van der Waals surface area contributed by atoms with Crippen molar-refractivity contribution in [2.24, 2.45) is 0 Å². The highest BCUT2D eigenvalue weighted by Crippen LogP contribution is 2.25. The molecular weight excluding hydrogens is 222 g/mol. The highest BCUT2D eigenvalue weighted by atomic mass is 32.1. The van der Waals surface area contributed by atoms with Gasteiger partial charge in [-0.25, -0.2) is 9.97 Å². The van der Waals surface area contributed by atoms with Crippen LogP contribution in [0.3, 0.4) is 0 Å². The fourth-order valence-corrected chi connectivity index (χ4v) is 2.49. The average Bonchev–Trinajstić information content (AvgIpc) is 2.85. The second-order valence-electron chi connectivity index (χ2n) is 3.46. The summed E-state index contributed by atoms with van der Waals surface area (Å²) in [6.45, 7) is 2.04. The van der Waals surface area contributed by atoms with Crippen LogP contribution in [0.2, 0.25) is 0 Å². The second kappa shape index (κ2) is 3.28. The molecule has 0 fully saturated rings.